The Morgan fingerprint density at radius 1 is 0.280 bits per heavy atom. The molecule has 0 aromatic heterocycles. The van der Waals surface area contributed by atoms with Crippen molar-refractivity contribution in [1.29, 1.82) is 0 Å². The highest BCUT2D eigenvalue weighted by Crippen LogP contribution is 2.38. The maximum absolute atomic E-state index is 5.41. The summed E-state index contributed by atoms with van der Waals surface area (Å²) in [5.41, 5.74) is 13.7. The van der Waals surface area contributed by atoms with Gasteiger partial charge in [-0.1, -0.05) is 83.9 Å². The Morgan fingerprint density at radius 3 is 0.720 bits per heavy atom. The van der Waals surface area contributed by atoms with E-state index in [4.69, 9.17) is 9.47 Å². The number of anilines is 6. The molecule has 0 atom stereocenters. The van der Waals surface area contributed by atoms with Gasteiger partial charge < -0.3 is 19.3 Å². The van der Waals surface area contributed by atoms with Crippen LogP contribution in [0.3, 0.4) is 0 Å². The van der Waals surface area contributed by atoms with E-state index in [1.807, 2.05) is 24.3 Å². The highest BCUT2D eigenvalue weighted by molar-refractivity contribution is 5.81. The first-order chi connectivity index (χ1) is 24.5. The van der Waals surface area contributed by atoms with Crippen molar-refractivity contribution in [1.82, 2.24) is 0 Å². The lowest BCUT2D eigenvalue weighted by Crippen LogP contribution is -2.09. The average Bonchev–Trinajstić information content (AvgIpc) is 3.18. The molecule has 7 rings (SSSR count). The molecule has 4 nitrogen and oxygen atoms in total. The maximum atomic E-state index is 5.41. The zero-order valence-electron chi connectivity index (χ0n) is 28.9. The van der Waals surface area contributed by atoms with Crippen molar-refractivity contribution in [2.45, 2.75) is 13.8 Å². The molecule has 0 aliphatic rings. The minimum atomic E-state index is 0.838. The van der Waals surface area contributed by atoms with Crippen LogP contribution in [0.4, 0.5) is 34.1 Å². The first-order valence-corrected chi connectivity index (χ1v) is 16.8. The Morgan fingerprint density at radius 2 is 0.480 bits per heavy atom. The molecule has 0 bridgehead atoms. The van der Waals surface area contributed by atoms with E-state index in [0.29, 0.717) is 0 Å². The smallest absolute Gasteiger partial charge is 0.119 e. The van der Waals surface area contributed by atoms with Gasteiger partial charge in [-0.15, -0.1) is 0 Å². The van der Waals surface area contributed by atoms with Crippen LogP contribution in [-0.4, -0.2) is 14.2 Å². The lowest BCUT2D eigenvalue weighted by atomic mass is 9.99. The monoisotopic (exact) mass is 652 g/mol. The third-order valence-corrected chi connectivity index (χ3v) is 9.05. The van der Waals surface area contributed by atoms with E-state index in [-0.39, 0.29) is 0 Å². The number of benzene rings is 7. The van der Waals surface area contributed by atoms with Gasteiger partial charge in [0.15, 0.2) is 0 Å². The number of hydrogen-bond acceptors (Lipinski definition) is 4. The Hall–Kier alpha value is -6.26. The number of methoxy groups -OCH3 is 2. The molecule has 0 heterocycles. The van der Waals surface area contributed by atoms with Crippen LogP contribution in [0.15, 0.2) is 170 Å². The van der Waals surface area contributed by atoms with E-state index < -0.39 is 0 Å². The van der Waals surface area contributed by atoms with Crippen molar-refractivity contribution in [3.05, 3.63) is 181 Å². The summed E-state index contributed by atoms with van der Waals surface area (Å²) in [6, 6.07) is 60.0. The summed E-state index contributed by atoms with van der Waals surface area (Å²) in [5.74, 6) is 1.68. The number of ether oxygens (including phenoxy) is 2. The third kappa shape index (κ3) is 6.96. The Bertz CT molecular complexity index is 1980. The fraction of sp³-hybridized carbons (Fsp3) is 0.0870. The number of hydrogen-bond donors (Lipinski definition) is 0. The van der Waals surface area contributed by atoms with E-state index in [1.54, 1.807) is 14.2 Å². The van der Waals surface area contributed by atoms with Crippen LogP contribution in [0.1, 0.15) is 11.1 Å². The summed E-state index contributed by atoms with van der Waals surface area (Å²) >= 11 is 0. The standard InChI is InChI=1S/C46H40N2O2/c1-33-5-17-39(18-6-33)47(43-25-29-45(49-3)30-26-43)41-21-13-37(14-22-41)35-9-11-36(12-10-35)38-15-23-42(24-16-38)48(40-19-7-34(2)8-20-40)44-27-31-46(50-4)32-28-44/h5-32H,1-4H3. The van der Waals surface area contributed by atoms with Crippen LogP contribution < -0.4 is 19.3 Å². The molecule has 4 heteroatoms. The molecule has 0 spiro atoms. The predicted molar refractivity (Wildman–Crippen MR) is 209 cm³/mol. The van der Waals surface area contributed by atoms with Gasteiger partial charge in [0.2, 0.25) is 0 Å². The molecule has 0 fully saturated rings. The minimum Gasteiger partial charge on any atom is -0.497 e. The quantitative estimate of drug-likeness (QED) is 0.147. The molecule has 0 aliphatic heterocycles. The van der Waals surface area contributed by atoms with Gasteiger partial charge in [-0.05, 0) is 133 Å². The Kier molecular flexibility index (Phi) is 9.35. The molecular formula is C46H40N2O2. The van der Waals surface area contributed by atoms with Gasteiger partial charge >= 0.3 is 0 Å². The Balaban J connectivity index is 1.12. The minimum absolute atomic E-state index is 0.838. The van der Waals surface area contributed by atoms with Gasteiger partial charge in [-0.25, -0.2) is 0 Å². The number of rotatable bonds is 10. The van der Waals surface area contributed by atoms with Gasteiger partial charge in [0, 0.05) is 34.1 Å². The molecule has 0 unspecified atom stereocenters. The van der Waals surface area contributed by atoms with Crippen LogP contribution >= 0.6 is 0 Å². The topological polar surface area (TPSA) is 24.9 Å². The molecule has 246 valence electrons. The summed E-state index contributed by atoms with van der Waals surface area (Å²) in [6.07, 6.45) is 0. The van der Waals surface area contributed by atoms with Crippen LogP contribution in [0.2, 0.25) is 0 Å². The van der Waals surface area contributed by atoms with Crippen LogP contribution in [0, 0.1) is 13.8 Å². The fourth-order valence-corrected chi connectivity index (χ4v) is 6.21. The van der Waals surface area contributed by atoms with Crippen LogP contribution in [-0.2, 0) is 0 Å². The molecule has 0 saturated carbocycles. The van der Waals surface area contributed by atoms with Gasteiger partial charge in [0.1, 0.15) is 11.5 Å². The third-order valence-electron chi connectivity index (χ3n) is 9.05. The number of aryl methyl sites for hydroxylation is 2. The van der Waals surface area contributed by atoms with Gasteiger partial charge in [0.05, 0.1) is 14.2 Å². The fourth-order valence-electron chi connectivity index (χ4n) is 6.21. The Labute approximate surface area is 295 Å². The lowest BCUT2D eigenvalue weighted by molar-refractivity contribution is 0.414. The first kappa shape index (κ1) is 32.3. The van der Waals surface area contributed by atoms with Crippen LogP contribution in [0.25, 0.3) is 22.3 Å². The van der Waals surface area contributed by atoms with Crippen molar-refractivity contribution >= 4 is 34.1 Å². The molecule has 50 heavy (non-hydrogen) atoms. The van der Waals surface area contributed by atoms with Crippen molar-refractivity contribution in [3.63, 3.8) is 0 Å². The SMILES string of the molecule is COc1ccc(N(c2ccc(C)cc2)c2ccc(-c3ccc(-c4ccc(N(c5ccc(C)cc5)c5ccc(OC)cc5)cc4)cc3)cc2)cc1. The molecule has 0 saturated heterocycles. The van der Waals surface area contributed by atoms with Crippen molar-refractivity contribution in [3.8, 4) is 33.8 Å². The van der Waals surface area contributed by atoms with Crippen LogP contribution in [0.5, 0.6) is 11.5 Å². The lowest BCUT2D eigenvalue weighted by Gasteiger charge is -2.26. The second-order valence-electron chi connectivity index (χ2n) is 12.4. The predicted octanol–water partition coefficient (Wildman–Crippen LogP) is 12.6. The van der Waals surface area contributed by atoms with Gasteiger partial charge in [-0.2, -0.15) is 0 Å². The molecule has 0 radical (unpaired) electrons. The van der Waals surface area contributed by atoms with Gasteiger partial charge in [-0.3, -0.25) is 0 Å². The number of nitrogens with zero attached hydrogens (tertiary/aromatic N) is 2. The zero-order valence-corrected chi connectivity index (χ0v) is 28.9. The summed E-state index contributed by atoms with van der Waals surface area (Å²) < 4.78 is 10.8. The first-order valence-electron chi connectivity index (χ1n) is 16.8. The van der Waals surface area contributed by atoms with E-state index in [2.05, 4.69) is 169 Å². The molecule has 0 aliphatic carbocycles. The zero-order chi connectivity index (χ0) is 34.5. The normalized spacial score (nSPS) is 10.8. The summed E-state index contributed by atoms with van der Waals surface area (Å²) in [4.78, 5) is 4.54. The second kappa shape index (κ2) is 14.5. The van der Waals surface area contributed by atoms with E-state index in [1.165, 1.54) is 33.4 Å². The van der Waals surface area contributed by atoms with E-state index in [9.17, 15) is 0 Å². The molecule has 7 aromatic rings. The largest absolute Gasteiger partial charge is 0.497 e. The summed E-state index contributed by atoms with van der Waals surface area (Å²) in [5, 5.41) is 0. The summed E-state index contributed by atoms with van der Waals surface area (Å²) in [6.45, 7) is 4.22. The maximum Gasteiger partial charge on any atom is 0.119 e. The van der Waals surface area contributed by atoms with Crippen molar-refractivity contribution in [2.75, 3.05) is 24.0 Å². The van der Waals surface area contributed by atoms with E-state index >= 15 is 0 Å². The summed E-state index contributed by atoms with van der Waals surface area (Å²) in [7, 11) is 3.39. The highest BCUT2D eigenvalue weighted by atomic mass is 16.5. The van der Waals surface area contributed by atoms with Crippen molar-refractivity contribution < 1.29 is 9.47 Å². The van der Waals surface area contributed by atoms with Gasteiger partial charge in [0.25, 0.3) is 0 Å². The molecule has 0 N–H and O–H groups in total. The molecule has 0 amide bonds. The molecule has 7 aromatic carbocycles. The highest BCUT2D eigenvalue weighted by Gasteiger charge is 2.15. The average molecular weight is 653 g/mol. The van der Waals surface area contributed by atoms with E-state index in [0.717, 1.165) is 45.6 Å². The van der Waals surface area contributed by atoms with Crippen molar-refractivity contribution in [2.24, 2.45) is 0 Å². The molecular weight excluding hydrogens is 613 g/mol. The second-order valence-corrected chi connectivity index (χ2v) is 12.4.